The Morgan fingerprint density at radius 1 is 1.32 bits per heavy atom. The largest absolute Gasteiger partial charge is 0.322 e. The minimum atomic E-state index is -0.0821. The topological polar surface area (TPSA) is 43.8 Å². The molecule has 1 unspecified atom stereocenters. The van der Waals surface area contributed by atoms with Gasteiger partial charge in [-0.05, 0) is 50.5 Å². The van der Waals surface area contributed by atoms with E-state index in [0.29, 0.717) is 0 Å². The molecule has 19 heavy (non-hydrogen) atoms. The number of hydrogen-bond acceptors (Lipinski definition) is 2. The summed E-state index contributed by atoms with van der Waals surface area (Å²) < 4.78 is 1.96. The first-order valence-electron chi connectivity index (χ1n) is 6.56. The molecule has 1 aromatic heterocycles. The third kappa shape index (κ3) is 3.17. The fraction of sp³-hybridized carbons (Fsp3) is 0.400. The van der Waals surface area contributed by atoms with Crippen LogP contribution < -0.4 is 5.73 Å². The van der Waals surface area contributed by atoms with E-state index in [-0.39, 0.29) is 6.04 Å². The van der Waals surface area contributed by atoms with Gasteiger partial charge in [-0.1, -0.05) is 23.7 Å². The Morgan fingerprint density at radius 3 is 2.68 bits per heavy atom. The van der Waals surface area contributed by atoms with Gasteiger partial charge in [-0.25, -0.2) is 0 Å². The highest BCUT2D eigenvalue weighted by Crippen LogP contribution is 2.23. The number of nitrogens with two attached hydrogens (primary N) is 1. The van der Waals surface area contributed by atoms with E-state index in [1.807, 2.05) is 24.6 Å². The van der Waals surface area contributed by atoms with Crippen LogP contribution in [0.25, 0.3) is 0 Å². The average Bonchev–Trinajstić information content (AvgIpc) is 2.74. The highest BCUT2D eigenvalue weighted by atomic mass is 35.5. The second-order valence-corrected chi connectivity index (χ2v) is 5.34. The molecule has 4 heteroatoms. The number of aryl methyl sites for hydroxylation is 3. The molecular weight excluding hydrogens is 258 g/mol. The van der Waals surface area contributed by atoms with Crippen LogP contribution in [0.5, 0.6) is 0 Å². The number of aromatic nitrogens is 2. The molecule has 0 aliphatic rings. The van der Waals surface area contributed by atoms with Crippen molar-refractivity contribution in [3.8, 4) is 0 Å². The second kappa shape index (κ2) is 5.76. The normalized spacial score (nSPS) is 12.7. The summed E-state index contributed by atoms with van der Waals surface area (Å²) in [6.07, 6.45) is 0.726. The van der Waals surface area contributed by atoms with Gasteiger partial charge in [0.15, 0.2) is 0 Å². The van der Waals surface area contributed by atoms with Gasteiger partial charge in [-0.15, -0.1) is 0 Å². The summed E-state index contributed by atoms with van der Waals surface area (Å²) in [6, 6.07) is 8.07. The molecule has 0 spiro atoms. The zero-order valence-corrected chi connectivity index (χ0v) is 12.4. The Hall–Kier alpha value is -1.32. The highest BCUT2D eigenvalue weighted by Gasteiger charge is 2.14. The molecule has 102 valence electrons. The van der Waals surface area contributed by atoms with Crippen LogP contribution in [0, 0.1) is 13.8 Å². The third-order valence-corrected chi connectivity index (χ3v) is 3.61. The fourth-order valence-electron chi connectivity index (χ4n) is 2.28. The number of hydrogen-bond donors (Lipinski definition) is 1. The Morgan fingerprint density at radius 2 is 2.05 bits per heavy atom. The van der Waals surface area contributed by atoms with E-state index in [1.54, 1.807) is 0 Å². The standard InChI is InChI=1S/C15H20ClN3/c1-4-19-15(8-11(3)18-19)14(17)9-12-6-5-10(2)7-13(12)16/h5-8,14H,4,9,17H2,1-3H3. The van der Waals surface area contributed by atoms with E-state index in [2.05, 4.69) is 30.2 Å². The zero-order valence-electron chi connectivity index (χ0n) is 11.7. The van der Waals surface area contributed by atoms with Crippen LogP contribution in [0.3, 0.4) is 0 Å². The molecule has 2 N–H and O–H groups in total. The number of benzene rings is 1. The maximum absolute atomic E-state index is 6.30. The average molecular weight is 278 g/mol. The van der Waals surface area contributed by atoms with Gasteiger partial charge in [0.25, 0.3) is 0 Å². The van der Waals surface area contributed by atoms with E-state index in [9.17, 15) is 0 Å². The molecule has 2 aromatic rings. The minimum absolute atomic E-state index is 0.0821. The van der Waals surface area contributed by atoms with E-state index >= 15 is 0 Å². The molecule has 1 heterocycles. The maximum atomic E-state index is 6.30. The van der Waals surface area contributed by atoms with Crippen LogP contribution in [0.15, 0.2) is 24.3 Å². The molecule has 0 amide bonds. The molecule has 0 saturated carbocycles. The molecule has 1 atom stereocenters. The summed E-state index contributed by atoms with van der Waals surface area (Å²) >= 11 is 6.26. The van der Waals surface area contributed by atoms with Gasteiger partial charge in [-0.3, -0.25) is 4.68 Å². The molecule has 3 nitrogen and oxygen atoms in total. The van der Waals surface area contributed by atoms with Crippen molar-refractivity contribution in [2.45, 2.75) is 39.8 Å². The van der Waals surface area contributed by atoms with Gasteiger partial charge >= 0.3 is 0 Å². The summed E-state index contributed by atoms with van der Waals surface area (Å²) in [7, 11) is 0. The van der Waals surface area contributed by atoms with Crippen molar-refractivity contribution in [1.29, 1.82) is 0 Å². The van der Waals surface area contributed by atoms with E-state index in [1.165, 1.54) is 0 Å². The second-order valence-electron chi connectivity index (χ2n) is 4.93. The summed E-state index contributed by atoms with van der Waals surface area (Å²) in [5, 5.41) is 5.22. The number of halogens is 1. The van der Waals surface area contributed by atoms with Gasteiger partial charge < -0.3 is 5.73 Å². The van der Waals surface area contributed by atoms with Crippen LogP contribution in [-0.2, 0) is 13.0 Å². The third-order valence-electron chi connectivity index (χ3n) is 3.26. The summed E-state index contributed by atoms with van der Waals surface area (Å²) in [6.45, 7) is 6.92. The van der Waals surface area contributed by atoms with Crippen molar-refractivity contribution in [1.82, 2.24) is 9.78 Å². The van der Waals surface area contributed by atoms with Gasteiger partial charge in [-0.2, -0.15) is 5.10 Å². The molecule has 0 fully saturated rings. The van der Waals surface area contributed by atoms with Gasteiger partial charge in [0.1, 0.15) is 0 Å². The lowest BCUT2D eigenvalue weighted by Gasteiger charge is -2.14. The molecule has 0 radical (unpaired) electrons. The zero-order chi connectivity index (χ0) is 14.0. The smallest absolute Gasteiger partial charge is 0.0597 e. The predicted octanol–water partition coefficient (Wildman–Crippen LogP) is 3.42. The van der Waals surface area contributed by atoms with Crippen molar-refractivity contribution in [3.63, 3.8) is 0 Å². The van der Waals surface area contributed by atoms with Crippen LogP contribution in [0.2, 0.25) is 5.02 Å². The van der Waals surface area contributed by atoms with Crippen LogP contribution in [0.1, 0.15) is 35.5 Å². The van der Waals surface area contributed by atoms with E-state index in [0.717, 1.165) is 40.5 Å². The number of nitrogens with zero attached hydrogens (tertiary/aromatic N) is 2. The monoisotopic (exact) mass is 277 g/mol. The fourth-order valence-corrected chi connectivity index (χ4v) is 2.59. The Balaban J connectivity index is 2.22. The van der Waals surface area contributed by atoms with E-state index in [4.69, 9.17) is 17.3 Å². The highest BCUT2D eigenvalue weighted by molar-refractivity contribution is 6.31. The van der Waals surface area contributed by atoms with Crippen molar-refractivity contribution in [3.05, 3.63) is 51.8 Å². The molecule has 0 saturated heterocycles. The first kappa shape index (κ1) is 14.1. The Kier molecular flexibility index (Phi) is 4.27. The van der Waals surface area contributed by atoms with Crippen LogP contribution in [0.4, 0.5) is 0 Å². The lowest BCUT2D eigenvalue weighted by atomic mass is 10.0. The van der Waals surface area contributed by atoms with Gasteiger partial charge in [0, 0.05) is 11.6 Å². The lowest BCUT2D eigenvalue weighted by molar-refractivity contribution is 0.566. The van der Waals surface area contributed by atoms with Crippen molar-refractivity contribution < 1.29 is 0 Å². The molecule has 2 rings (SSSR count). The van der Waals surface area contributed by atoms with Crippen LogP contribution in [-0.4, -0.2) is 9.78 Å². The number of rotatable bonds is 4. The SMILES string of the molecule is CCn1nc(C)cc1C(N)Cc1ccc(C)cc1Cl. The van der Waals surface area contributed by atoms with Crippen LogP contribution >= 0.6 is 11.6 Å². The first-order valence-corrected chi connectivity index (χ1v) is 6.94. The molecule has 0 aliphatic heterocycles. The molecule has 0 bridgehead atoms. The van der Waals surface area contributed by atoms with Gasteiger partial charge in [0.2, 0.25) is 0 Å². The summed E-state index contributed by atoms with van der Waals surface area (Å²) in [5.74, 6) is 0. The summed E-state index contributed by atoms with van der Waals surface area (Å²) in [5.41, 5.74) is 10.6. The minimum Gasteiger partial charge on any atom is -0.322 e. The van der Waals surface area contributed by atoms with Crippen molar-refractivity contribution >= 4 is 11.6 Å². The first-order chi connectivity index (χ1) is 9.01. The Labute approximate surface area is 119 Å². The molecule has 0 aliphatic carbocycles. The van der Waals surface area contributed by atoms with Crippen molar-refractivity contribution in [2.75, 3.05) is 0 Å². The maximum Gasteiger partial charge on any atom is 0.0597 e. The summed E-state index contributed by atoms with van der Waals surface area (Å²) in [4.78, 5) is 0. The molecular formula is C15H20ClN3. The van der Waals surface area contributed by atoms with E-state index < -0.39 is 0 Å². The lowest BCUT2D eigenvalue weighted by Crippen LogP contribution is -2.18. The predicted molar refractivity (Wildman–Crippen MR) is 79.5 cm³/mol. The van der Waals surface area contributed by atoms with Crippen molar-refractivity contribution in [2.24, 2.45) is 5.73 Å². The quantitative estimate of drug-likeness (QED) is 0.931. The van der Waals surface area contributed by atoms with Gasteiger partial charge in [0.05, 0.1) is 17.4 Å². The Bertz CT molecular complexity index is 575. The molecule has 1 aromatic carbocycles.